The van der Waals surface area contributed by atoms with Crippen LogP contribution in [-0.4, -0.2) is 22.3 Å². The van der Waals surface area contributed by atoms with Crippen molar-refractivity contribution >= 4 is 0 Å². The van der Waals surface area contributed by atoms with E-state index in [1.165, 1.54) is 4.90 Å². The number of rotatable bonds is 0. The quantitative estimate of drug-likeness (QED) is 0.535. The molecule has 1 aliphatic heterocycles. The smallest absolute Gasteiger partial charge is 0.181 e. The average Bonchev–Trinajstić information content (AvgIpc) is 2.03. The van der Waals surface area contributed by atoms with Gasteiger partial charge in [-0.25, -0.2) is 0 Å². The molecular formula is C8H16N2O. The van der Waals surface area contributed by atoms with Crippen molar-refractivity contribution < 1.29 is 5.11 Å². The van der Waals surface area contributed by atoms with Crippen molar-refractivity contribution in [3.8, 4) is 6.19 Å². The van der Waals surface area contributed by atoms with Gasteiger partial charge in [-0.05, 0) is 6.92 Å². The third kappa shape index (κ3) is 1.63. The van der Waals surface area contributed by atoms with Gasteiger partial charge in [0.05, 0.1) is 0 Å². The molecule has 2 unspecified atom stereocenters. The van der Waals surface area contributed by atoms with Gasteiger partial charge in [-0.2, -0.15) is 5.26 Å². The van der Waals surface area contributed by atoms with Crippen LogP contribution in [0.1, 0.15) is 27.7 Å². The number of aliphatic hydroxyl groups is 1. The van der Waals surface area contributed by atoms with Gasteiger partial charge < -0.3 is 5.11 Å². The maximum Gasteiger partial charge on any atom is 0.181 e. The second kappa shape index (κ2) is 3.59. The second-order valence-corrected chi connectivity index (χ2v) is 2.71. The molecule has 0 saturated carbocycles. The van der Waals surface area contributed by atoms with E-state index < -0.39 is 5.72 Å². The lowest BCUT2D eigenvalue weighted by molar-refractivity contribution is -0.181. The van der Waals surface area contributed by atoms with Crippen molar-refractivity contribution in [2.75, 3.05) is 6.54 Å². The Morgan fingerprint density at radius 3 is 2.18 bits per heavy atom. The first-order valence-corrected chi connectivity index (χ1v) is 3.98. The van der Waals surface area contributed by atoms with Crippen molar-refractivity contribution in [1.82, 2.24) is 4.90 Å². The van der Waals surface area contributed by atoms with E-state index in [2.05, 4.69) is 0 Å². The Bertz CT molecular complexity index is 160. The number of nitrogens with zero attached hydrogens (tertiary/aromatic N) is 2. The molecular weight excluding hydrogens is 140 g/mol. The van der Waals surface area contributed by atoms with E-state index in [1.54, 1.807) is 6.92 Å². The number of nitriles is 1. The summed E-state index contributed by atoms with van der Waals surface area (Å²) < 4.78 is 0. The van der Waals surface area contributed by atoms with E-state index in [0.29, 0.717) is 6.54 Å². The molecule has 1 N–H and O–H groups in total. The van der Waals surface area contributed by atoms with Crippen LogP contribution in [0.25, 0.3) is 0 Å². The lowest BCUT2D eigenvalue weighted by atomic mass is 9.88. The van der Waals surface area contributed by atoms with Gasteiger partial charge in [0.2, 0.25) is 0 Å². The number of hydrogen-bond donors (Lipinski definition) is 1. The zero-order valence-corrected chi connectivity index (χ0v) is 7.63. The van der Waals surface area contributed by atoms with Crippen LogP contribution in [0, 0.1) is 17.4 Å². The first kappa shape index (κ1) is 10.2. The summed E-state index contributed by atoms with van der Waals surface area (Å²) in [4.78, 5) is 1.37. The molecule has 3 heteroatoms. The van der Waals surface area contributed by atoms with E-state index in [1.807, 2.05) is 27.0 Å². The van der Waals surface area contributed by atoms with Gasteiger partial charge in [0.25, 0.3) is 0 Å². The first-order chi connectivity index (χ1) is 5.09. The molecule has 1 rings (SSSR count). The maximum absolute atomic E-state index is 9.34. The van der Waals surface area contributed by atoms with Crippen molar-refractivity contribution in [2.24, 2.45) is 5.92 Å². The van der Waals surface area contributed by atoms with Crippen LogP contribution in [0.3, 0.4) is 0 Å². The average molecular weight is 156 g/mol. The summed E-state index contributed by atoms with van der Waals surface area (Å²) in [6, 6.07) is 0. The Morgan fingerprint density at radius 2 is 2.09 bits per heavy atom. The standard InChI is InChI=1S/C6H10N2O.C2H6/c1-5-3-8(4-7)6(5,2)9;1-2/h5,9H,3H2,1-2H3;1-2H3. The largest absolute Gasteiger partial charge is 0.370 e. The molecule has 3 nitrogen and oxygen atoms in total. The minimum atomic E-state index is -0.880. The topological polar surface area (TPSA) is 47.3 Å². The van der Waals surface area contributed by atoms with E-state index >= 15 is 0 Å². The van der Waals surface area contributed by atoms with Gasteiger partial charge in [0.15, 0.2) is 6.19 Å². The van der Waals surface area contributed by atoms with Crippen molar-refractivity contribution in [3.05, 3.63) is 0 Å². The van der Waals surface area contributed by atoms with Gasteiger partial charge >= 0.3 is 0 Å². The van der Waals surface area contributed by atoms with Crippen LogP contribution in [-0.2, 0) is 0 Å². The molecule has 2 atom stereocenters. The molecule has 1 saturated heterocycles. The van der Waals surface area contributed by atoms with Crippen molar-refractivity contribution in [3.63, 3.8) is 0 Å². The van der Waals surface area contributed by atoms with Crippen LogP contribution < -0.4 is 0 Å². The third-order valence-electron chi connectivity index (χ3n) is 2.06. The van der Waals surface area contributed by atoms with Crippen molar-refractivity contribution in [1.29, 1.82) is 5.26 Å². The first-order valence-electron chi connectivity index (χ1n) is 3.98. The number of hydrogen-bond acceptors (Lipinski definition) is 3. The summed E-state index contributed by atoms with van der Waals surface area (Å²) in [6.45, 7) is 8.27. The molecule has 0 aromatic rings. The third-order valence-corrected chi connectivity index (χ3v) is 2.06. The van der Waals surface area contributed by atoms with Gasteiger partial charge in [-0.15, -0.1) is 0 Å². The Labute approximate surface area is 68.2 Å². The summed E-state index contributed by atoms with van der Waals surface area (Å²) in [5, 5.41) is 17.7. The molecule has 1 heterocycles. The lowest BCUT2D eigenvalue weighted by Crippen LogP contribution is -2.62. The maximum atomic E-state index is 9.34. The van der Waals surface area contributed by atoms with Crippen LogP contribution >= 0.6 is 0 Å². The minimum Gasteiger partial charge on any atom is -0.370 e. The second-order valence-electron chi connectivity index (χ2n) is 2.71. The summed E-state index contributed by atoms with van der Waals surface area (Å²) in [5.74, 6) is 0.220. The SMILES string of the molecule is CC.CC1CN(C#N)C1(C)O. The molecule has 0 spiro atoms. The Morgan fingerprint density at radius 1 is 1.64 bits per heavy atom. The summed E-state index contributed by atoms with van der Waals surface area (Å²) in [5.41, 5.74) is -0.880. The summed E-state index contributed by atoms with van der Waals surface area (Å²) >= 11 is 0. The molecule has 1 fully saturated rings. The van der Waals surface area contributed by atoms with Gasteiger partial charge in [0, 0.05) is 12.5 Å². The molecule has 0 aromatic carbocycles. The summed E-state index contributed by atoms with van der Waals surface area (Å²) in [6.07, 6.45) is 1.91. The normalized spacial score (nSPS) is 34.5. The molecule has 0 bridgehead atoms. The molecule has 1 aliphatic rings. The fourth-order valence-corrected chi connectivity index (χ4v) is 0.927. The van der Waals surface area contributed by atoms with Crippen LogP contribution in [0.2, 0.25) is 0 Å². The van der Waals surface area contributed by atoms with E-state index in [9.17, 15) is 5.11 Å². The fraction of sp³-hybridized carbons (Fsp3) is 0.875. The van der Waals surface area contributed by atoms with Crippen molar-refractivity contribution in [2.45, 2.75) is 33.4 Å². The zero-order valence-electron chi connectivity index (χ0n) is 7.63. The highest BCUT2D eigenvalue weighted by Crippen LogP contribution is 2.31. The van der Waals surface area contributed by atoms with Crippen LogP contribution in [0.5, 0.6) is 0 Å². The molecule has 0 amide bonds. The molecule has 0 aromatic heterocycles. The van der Waals surface area contributed by atoms with Crippen LogP contribution in [0.4, 0.5) is 0 Å². The van der Waals surface area contributed by atoms with Gasteiger partial charge in [-0.1, -0.05) is 20.8 Å². The molecule has 11 heavy (non-hydrogen) atoms. The van der Waals surface area contributed by atoms with E-state index in [4.69, 9.17) is 5.26 Å². The fourth-order valence-electron chi connectivity index (χ4n) is 0.927. The summed E-state index contributed by atoms with van der Waals surface area (Å²) in [7, 11) is 0. The predicted molar refractivity (Wildman–Crippen MR) is 43.5 cm³/mol. The monoisotopic (exact) mass is 156 g/mol. The number of likely N-dealkylation sites (tertiary alicyclic amines) is 1. The molecule has 64 valence electrons. The molecule has 0 aliphatic carbocycles. The van der Waals surface area contributed by atoms with Crippen LogP contribution in [0.15, 0.2) is 0 Å². The van der Waals surface area contributed by atoms with Gasteiger partial charge in [0.1, 0.15) is 5.72 Å². The Hall–Kier alpha value is -0.750. The van der Waals surface area contributed by atoms with Gasteiger partial charge in [-0.3, -0.25) is 4.90 Å². The lowest BCUT2D eigenvalue weighted by Gasteiger charge is -2.48. The Balaban J connectivity index is 0.000000461. The molecule has 0 radical (unpaired) electrons. The Kier molecular flexibility index (Phi) is 3.34. The van der Waals surface area contributed by atoms with E-state index in [0.717, 1.165) is 0 Å². The zero-order chi connectivity index (χ0) is 9.07. The highest BCUT2D eigenvalue weighted by atomic mass is 16.3. The predicted octanol–water partition coefficient (Wildman–Crippen LogP) is 1.15. The van der Waals surface area contributed by atoms with E-state index in [-0.39, 0.29) is 5.92 Å². The highest BCUT2D eigenvalue weighted by Gasteiger charge is 2.45. The highest BCUT2D eigenvalue weighted by molar-refractivity contribution is 4.99. The minimum absolute atomic E-state index is 0.220.